The van der Waals surface area contributed by atoms with Gasteiger partial charge in [0.15, 0.2) is 15.4 Å². The monoisotopic (exact) mass is 504 g/mol. The third-order valence-electron chi connectivity index (χ3n) is 6.44. The molecule has 0 radical (unpaired) electrons. The van der Waals surface area contributed by atoms with Crippen molar-refractivity contribution in [3.8, 4) is 11.1 Å². The fraction of sp³-hybridized carbons (Fsp3) is 0.375. The van der Waals surface area contributed by atoms with Gasteiger partial charge in [-0.05, 0) is 67.3 Å². The van der Waals surface area contributed by atoms with Crippen LogP contribution in [0.15, 0.2) is 41.3 Å². The Kier molecular flexibility index (Phi) is 6.30. The zero-order valence-electron chi connectivity index (χ0n) is 18.8. The van der Waals surface area contributed by atoms with Gasteiger partial charge < -0.3 is 15.3 Å². The molecule has 2 N–H and O–H groups in total. The van der Waals surface area contributed by atoms with Crippen LogP contribution in [-0.2, 0) is 24.2 Å². The molecule has 0 bridgehead atoms. The number of aryl methyl sites for hydroxylation is 1. The number of hydrogen-bond acceptors (Lipinski definition) is 7. The minimum absolute atomic E-state index is 0.110. The van der Waals surface area contributed by atoms with E-state index in [9.17, 15) is 18.0 Å². The fourth-order valence-electron chi connectivity index (χ4n) is 4.83. The first-order valence-electron chi connectivity index (χ1n) is 10.8. The summed E-state index contributed by atoms with van der Waals surface area (Å²) in [5.74, 6) is -2.45. The highest BCUT2D eigenvalue weighted by atomic mass is 35.5. The molecule has 2 aliphatic heterocycles. The molecule has 2 aromatic carbocycles. The molecule has 2 aromatic rings. The van der Waals surface area contributed by atoms with Crippen LogP contribution < -0.4 is 0 Å². The Hall–Kier alpha value is -2.75. The van der Waals surface area contributed by atoms with Gasteiger partial charge in [0, 0.05) is 23.4 Å². The van der Waals surface area contributed by atoms with Crippen LogP contribution in [0.3, 0.4) is 0 Å². The number of carbonyl (C=O) groups is 2. The molecule has 0 aliphatic carbocycles. The van der Waals surface area contributed by atoms with Gasteiger partial charge in [-0.15, -0.1) is 0 Å². The van der Waals surface area contributed by atoms with E-state index in [1.54, 1.807) is 42.2 Å². The molecular formula is C24H25ClN2O6S. The maximum Gasteiger partial charge on any atom is 0.320 e. The number of halogens is 1. The molecule has 34 heavy (non-hydrogen) atoms. The van der Waals surface area contributed by atoms with Gasteiger partial charge in [0.1, 0.15) is 5.92 Å². The third-order valence-corrected chi connectivity index (χ3v) is 7.87. The average molecular weight is 505 g/mol. The van der Waals surface area contributed by atoms with Crippen molar-refractivity contribution in [2.75, 3.05) is 25.9 Å². The molecule has 0 saturated carbocycles. The van der Waals surface area contributed by atoms with Crippen LogP contribution in [0, 0.1) is 12.3 Å². The Balaban J connectivity index is 1.68. The molecule has 2 heterocycles. The molecule has 2 saturated heterocycles. The highest BCUT2D eigenvalue weighted by Gasteiger charge is 2.54. The molecule has 2 aliphatic rings. The summed E-state index contributed by atoms with van der Waals surface area (Å²) in [4.78, 5) is 26.0. The number of rotatable bonds is 5. The summed E-state index contributed by atoms with van der Waals surface area (Å²) in [6.07, 6.45) is 2.22. The molecular weight excluding hydrogens is 480 g/mol. The summed E-state index contributed by atoms with van der Waals surface area (Å²) < 4.78 is 29.6. The van der Waals surface area contributed by atoms with Crippen molar-refractivity contribution in [3.05, 3.63) is 52.5 Å². The molecule has 10 heteroatoms. The van der Waals surface area contributed by atoms with Crippen LogP contribution in [0.1, 0.15) is 29.9 Å². The summed E-state index contributed by atoms with van der Waals surface area (Å²) in [5, 5.41) is 18.3. The van der Waals surface area contributed by atoms with Crippen LogP contribution in [0.4, 0.5) is 0 Å². The van der Waals surface area contributed by atoms with E-state index in [2.05, 4.69) is 0 Å². The van der Waals surface area contributed by atoms with Crippen molar-refractivity contribution in [1.82, 2.24) is 4.90 Å². The Morgan fingerprint density at radius 2 is 2.06 bits per heavy atom. The summed E-state index contributed by atoms with van der Waals surface area (Å²) in [6, 6.07) is 9.88. The van der Waals surface area contributed by atoms with Crippen molar-refractivity contribution in [1.29, 1.82) is 5.41 Å². The van der Waals surface area contributed by atoms with E-state index in [0.717, 1.165) is 6.26 Å². The number of nitrogens with one attached hydrogen (secondary N) is 1. The lowest BCUT2D eigenvalue weighted by Crippen LogP contribution is -2.53. The van der Waals surface area contributed by atoms with E-state index in [1.165, 1.54) is 6.07 Å². The first-order chi connectivity index (χ1) is 15.9. The molecule has 8 nitrogen and oxygen atoms in total. The molecule has 0 aromatic heterocycles. The van der Waals surface area contributed by atoms with Crippen LogP contribution in [-0.4, -0.2) is 67.6 Å². The van der Waals surface area contributed by atoms with Crippen molar-refractivity contribution >= 4 is 39.1 Å². The van der Waals surface area contributed by atoms with Crippen LogP contribution in [0.25, 0.3) is 11.1 Å². The van der Waals surface area contributed by atoms with Gasteiger partial charge in [0.2, 0.25) is 0 Å². The summed E-state index contributed by atoms with van der Waals surface area (Å²) in [5.41, 5.74) is 1.47. The predicted octanol–water partition coefficient (Wildman–Crippen LogP) is 3.30. The van der Waals surface area contributed by atoms with Gasteiger partial charge in [0.05, 0.1) is 17.2 Å². The summed E-state index contributed by atoms with van der Waals surface area (Å²) in [6.45, 7) is 2.36. The smallest absolute Gasteiger partial charge is 0.320 e. The second-order valence-corrected chi connectivity index (χ2v) is 11.4. The van der Waals surface area contributed by atoms with Crippen molar-refractivity contribution in [2.45, 2.75) is 36.2 Å². The maximum atomic E-state index is 13.0. The number of ether oxygens (including phenoxy) is 1. The molecule has 0 amide bonds. The number of likely N-dealkylation sites (tertiary alicyclic amines) is 1. The van der Waals surface area contributed by atoms with Gasteiger partial charge in [-0.1, -0.05) is 23.7 Å². The number of carbonyl (C=O) groups excluding carboxylic acids is 1. The van der Waals surface area contributed by atoms with E-state index >= 15 is 0 Å². The molecule has 2 atom stereocenters. The fourth-order valence-corrected chi connectivity index (χ4v) is 5.78. The van der Waals surface area contributed by atoms with E-state index in [4.69, 9.17) is 26.9 Å². The normalized spacial score (nSPS) is 23.3. The Bertz CT molecular complexity index is 1310. The minimum atomic E-state index is -3.39. The minimum Gasteiger partial charge on any atom is -0.480 e. The predicted molar refractivity (Wildman–Crippen MR) is 127 cm³/mol. The second kappa shape index (κ2) is 8.79. The summed E-state index contributed by atoms with van der Waals surface area (Å²) in [7, 11) is -3.39. The number of sulfone groups is 1. The van der Waals surface area contributed by atoms with Crippen LogP contribution in [0.2, 0.25) is 5.02 Å². The van der Waals surface area contributed by atoms with Crippen molar-refractivity contribution in [2.24, 2.45) is 0 Å². The highest BCUT2D eigenvalue weighted by Crippen LogP contribution is 2.43. The number of piperidine rings is 1. The highest BCUT2D eigenvalue weighted by molar-refractivity contribution is 7.90. The molecule has 180 valence electrons. The summed E-state index contributed by atoms with van der Waals surface area (Å²) >= 11 is 6.59. The number of nitrogens with zero attached hydrogens (tertiary/aromatic N) is 1. The lowest BCUT2D eigenvalue weighted by molar-refractivity contribution is -0.152. The zero-order chi connectivity index (χ0) is 24.8. The maximum absolute atomic E-state index is 13.0. The molecule has 4 rings (SSSR count). The third kappa shape index (κ3) is 4.47. The van der Waals surface area contributed by atoms with Gasteiger partial charge in [-0.25, -0.2) is 8.42 Å². The Morgan fingerprint density at radius 1 is 1.32 bits per heavy atom. The van der Waals surface area contributed by atoms with Gasteiger partial charge in [0.25, 0.3) is 0 Å². The van der Waals surface area contributed by atoms with Gasteiger partial charge in [-0.3, -0.25) is 14.5 Å². The van der Waals surface area contributed by atoms with Crippen molar-refractivity contribution in [3.63, 3.8) is 0 Å². The lowest BCUT2D eigenvalue weighted by Gasteiger charge is -2.38. The average Bonchev–Trinajstić information content (AvgIpc) is 2.97. The molecule has 2 fully saturated rings. The quantitative estimate of drug-likeness (QED) is 0.598. The van der Waals surface area contributed by atoms with E-state index in [1.807, 2.05) is 0 Å². The topological polar surface area (TPSA) is 125 Å². The first kappa shape index (κ1) is 24.4. The van der Waals surface area contributed by atoms with E-state index in [0.29, 0.717) is 46.7 Å². The van der Waals surface area contributed by atoms with Gasteiger partial charge in [-0.2, -0.15) is 0 Å². The second-order valence-electron chi connectivity index (χ2n) is 8.96. The zero-order valence-corrected chi connectivity index (χ0v) is 20.4. The molecule has 1 spiro atoms. The number of hydrogen-bond donors (Lipinski definition) is 2. The lowest BCUT2D eigenvalue weighted by atomic mass is 9.80. The first-order valence-corrected chi connectivity index (χ1v) is 13.0. The van der Waals surface area contributed by atoms with Crippen LogP contribution in [0.5, 0.6) is 0 Å². The number of aliphatic carboxylic acids is 1. The van der Waals surface area contributed by atoms with Crippen LogP contribution >= 0.6 is 11.6 Å². The standard InChI is InChI=1S/C24H25ClN2O6S/c1-14-9-18(15-5-3-6-16(10-15)34(2,31)32)19(25)11-17(14)21-22(26)24(33-23(21)30)7-4-8-27(13-24)12-20(28)29/h3,5-6,9-11,21,26H,4,7-8,12-13H2,1-2H3,(H,28,29). The largest absolute Gasteiger partial charge is 0.480 e. The number of esters is 1. The number of carboxylic acid groups (broad SMARTS) is 1. The number of benzene rings is 2. The molecule has 2 unspecified atom stereocenters. The SMILES string of the molecule is Cc1cc(-c2cccc(S(C)(=O)=O)c2)c(Cl)cc1C1C(=N)C2(CCCN(CC(=O)O)C2)OC1=O. The van der Waals surface area contributed by atoms with E-state index in [-0.39, 0.29) is 23.7 Å². The van der Waals surface area contributed by atoms with Crippen molar-refractivity contribution < 1.29 is 27.9 Å². The van der Waals surface area contributed by atoms with E-state index < -0.39 is 33.3 Å². The Morgan fingerprint density at radius 3 is 2.74 bits per heavy atom. The Labute approximate surface area is 202 Å². The number of carboxylic acids is 1. The van der Waals surface area contributed by atoms with Gasteiger partial charge >= 0.3 is 11.9 Å².